The van der Waals surface area contributed by atoms with Gasteiger partial charge in [-0.3, -0.25) is 0 Å². The molecule has 0 saturated carbocycles. The number of rotatable bonds is 8. The average Bonchev–Trinajstić information content (AvgIpc) is 2.15. The van der Waals surface area contributed by atoms with E-state index in [0.29, 0.717) is 18.9 Å². The van der Waals surface area contributed by atoms with Crippen LogP contribution in [-0.2, 0) is 10.0 Å². The van der Waals surface area contributed by atoms with E-state index < -0.39 is 10.0 Å². The van der Waals surface area contributed by atoms with E-state index in [9.17, 15) is 8.42 Å². The third kappa shape index (κ3) is 5.82. The third-order valence-corrected chi connectivity index (χ3v) is 4.77. The van der Waals surface area contributed by atoms with E-state index in [2.05, 4.69) is 13.8 Å². The van der Waals surface area contributed by atoms with Gasteiger partial charge in [-0.2, -0.15) is 0 Å². The molecule has 0 aliphatic carbocycles. The smallest absolute Gasteiger partial charge is 0.214 e. The quantitative estimate of drug-likeness (QED) is 0.663. The van der Waals surface area contributed by atoms with E-state index in [1.807, 2.05) is 6.92 Å². The van der Waals surface area contributed by atoms with Gasteiger partial charge in [0.15, 0.2) is 0 Å². The molecule has 1 atom stereocenters. The van der Waals surface area contributed by atoms with Crippen LogP contribution >= 0.6 is 0 Å². The van der Waals surface area contributed by atoms with Crippen molar-refractivity contribution >= 4 is 10.0 Å². The number of hydrogen-bond acceptors (Lipinski definition) is 3. The van der Waals surface area contributed by atoms with Gasteiger partial charge in [0.2, 0.25) is 10.0 Å². The van der Waals surface area contributed by atoms with Crippen molar-refractivity contribution in [2.75, 3.05) is 19.3 Å². The van der Waals surface area contributed by atoms with E-state index in [-0.39, 0.29) is 11.8 Å². The lowest BCUT2D eigenvalue weighted by molar-refractivity contribution is 0.337. The zero-order valence-electron chi connectivity index (χ0n) is 10.9. The normalized spacial score (nSPS) is 14.7. The van der Waals surface area contributed by atoms with Gasteiger partial charge < -0.3 is 5.73 Å². The molecule has 0 aromatic heterocycles. The third-order valence-electron chi connectivity index (χ3n) is 2.73. The molecule has 98 valence electrons. The highest BCUT2D eigenvalue weighted by atomic mass is 32.2. The first kappa shape index (κ1) is 15.9. The second-order valence-electron chi connectivity index (χ2n) is 4.81. The Morgan fingerprint density at radius 1 is 1.19 bits per heavy atom. The molecule has 0 fully saturated rings. The van der Waals surface area contributed by atoms with Crippen LogP contribution in [0.1, 0.15) is 40.0 Å². The van der Waals surface area contributed by atoms with E-state index >= 15 is 0 Å². The monoisotopic (exact) mass is 250 g/mol. The molecule has 0 bridgehead atoms. The van der Waals surface area contributed by atoms with Crippen molar-refractivity contribution in [3.63, 3.8) is 0 Å². The molecule has 4 nitrogen and oxygen atoms in total. The molecule has 0 aromatic carbocycles. The van der Waals surface area contributed by atoms with E-state index in [4.69, 9.17) is 5.73 Å². The fourth-order valence-electron chi connectivity index (χ4n) is 1.68. The summed E-state index contributed by atoms with van der Waals surface area (Å²) in [6, 6.07) is 0.0721. The van der Waals surface area contributed by atoms with Crippen LogP contribution in [0.4, 0.5) is 0 Å². The predicted molar refractivity (Wildman–Crippen MR) is 68.8 cm³/mol. The Balaban J connectivity index is 4.27. The second-order valence-corrected chi connectivity index (χ2v) is 6.95. The summed E-state index contributed by atoms with van der Waals surface area (Å²) in [7, 11) is -1.43. The van der Waals surface area contributed by atoms with Crippen molar-refractivity contribution in [2.24, 2.45) is 11.7 Å². The lowest BCUT2D eigenvalue weighted by Crippen LogP contribution is -2.37. The van der Waals surface area contributed by atoms with Crippen molar-refractivity contribution in [3.8, 4) is 0 Å². The lowest BCUT2D eigenvalue weighted by atomic mass is 10.1. The second kappa shape index (κ2) is 7.25. The lowest BCUT2D eigenvalue weighted by Gasteiger charge is -2.25. The zero-order valence-corrected chi connectivity index (χ0v) is 11.8. The SMILES string of the molecule is CC(C)CC(C)N(C)S(=O)(=O)CCCCN. The van der Waals surface area contributed by atoms with Gasteiger partial charge in [-0.1, -0.05) is 13.8 Å². The molecule has 0 spiro atoms. The fraction of sp³-hybridized carbons (Fsp3) is 1.00. The first-order chi connectivity index (χ1) is 7.31. The summed E-state index contributed by atoms with van der Waals surface area (Å²) in [5.41, 5.74) is 5.35. The summed E-state index contributed by atoms with van der Waals surface area (Å²) in [4.78, 5) is 0. The van der Waals surface area contributed by atoms with Crippen LogP contribution < -0.4 is 5.73 Å². The fourth-order valence-corrected chi connectivity index (χ4v) is 3.17. The summed E-state index contributed by atoms with van der Waals surface area (Å²) in [6.07, 6.45) is 2.32. The maximum atomic E-state index is 11.9. The van der Waals surface area contributed by atoms with E-state index in [0.717, 1.165) is 12.8 Å². The van der Waals surface area contributed by atoms with Crippen molar-refractivity contribution in [3.05, 3.63) is 0 Å². The topological polar surface area (TPSA) is 63.4 Å². The molecule has 0 aliphatic rings. The van der Waals surface area contributed by atoms with E-state index in [1.54, 1.807) is 7.05 Å². The summed E-state index contributed by atoms with van der Waals surface area (Å²) in [5.74, 6) is 0.722. The molecule has 0 aliphatic heterocycles. The Morgan fingerprint density at radius 2 is 1.75 bits per heavy atom. The van der Waals surface area contributed by atoms with Crippen LogP contribution in [0, 0.1) is 5.92 Å². The molecule has 0 radical (unpaired) electrons. The molecule has 0 heterocycles. The van der Waals surface area contributed by atoms with Gasteiger partial charge in [-0.15, -0.1) is 0 Å². The summed E-state index contributed by atoms with van der Waals surface area (Å²) in [5, 5.41) is 0. The highest BCUT2D eigenvalue weighted by Gasteiger charge is 2.22. The van der Waals surface area contributed by atoms with Gasteiger partial charge in [-0.25, -0.2) is 12.7 Å². The molecular weight excluding hydrogens is 224 g/mol. The maximum Gasteiger partial charge on any atom is 0.214 e. The van der Waals surface area contributed by atoms with Gasteiger partial charge in [-0.05, 0) is 38.6 Å². The van der Waals surface area contributed by atoms with Gasteiger partial charge in [0.25, 0.3) is 0 Å². The number of unbranched alkanes of at least 4 members (excludes halogenated alkanes) is 1. The number of hydrogen-bond donors (Lipinski definition) is 1. The largest absolute Gasteiger partial charge is 0.330 e. The molecule has 0 aromatic rings. The molecule has 16 heavy (non-hydrogen) atoms. The minimum Gasteiger partial charge on any atom is -0.330 e. The Morgan fingerprint density at radius 3 is 2.19 bits per heavy atom. The van der Waals surface area contributed by atoms with Crippen molar-refractivity contribution < 1.29 is 8.42 Å². The van der Waals surface area contributed by atoms with Crippen LogP contribution in [-0.4, -0.2) is 38.1 Å². The highest BCUT2D eigenvalue weighted by molar-refractivity contribution is 7.89. The molecule has 5 heteroatoms. The molecule has 0 amide bonds. The zero-order chi connectivity index (χ0) is 12.8. The number of nitrogens with two attached hydrogens (primary N) is 1. The Labute approximate surface area is 100 Å². The van der Waals surface area contributed by atoms with Crippen molar-refractivity contribution in [2.45, 2.75) is 46.1 Å². The standard InChI is InChI=1S/C11H26N2O2S/c1-10(2)9-11(3)13(4)16(14,15)8-6-5-7-12/h10-11H,5-9,12H2,1-4H3. The maximum absolute atomic E-state index is 11.9. The summed E-state index contributed by atoms with van der Waals surface area (Å²) in [6.45, 7) is 6.72. The van der Waals surface area contributed by atoms with Crippen LogP contribution in [0.3, 0.4) is 0 Å². The minimum absolute atomic E-state index is 0.0721. The first-order valence-electron chi connectivity index (χ1n) is 5.97. The van der Waals surface area contributed by atoms with E-state index in [1.165, 1.54) is 4.31 Å². The highest BCUT2D eigenvalue weighted by Crippen LogP contribution is 2.14. The Bertz CT molecular complexity index is 276. The molecule has 0 saturated heterocycles. The summed E-state index contributed by atoms with van der Waals surface area (Å²) >= 11 is 0. The van der Waals surface area contributed by atoms with Crippen LogP contribution in [0.5, 0.6) is 0 Å². The summed E-state index contributed by atoms with van der Waals surface area (Å²) < 4.78 is 25.3. The Kier molecular flexibility index (Phi) is 7.19. The van der Waals surface area contributed by atoms with Gasteiger partial charge in [0.1, 0.15) is 0 Å². The van der Waals surface area contributed by atoms with Gasteiger partial charge in [0, 0.05) is 13.1 Å². The van der Waals surface area contributed by atoms with Crippen LogP contribution in [0.2, 0.25) is 0 Å². The molecule has 0 rings (SSSR count). The minimum atomic E-state index is -3.10. The first-order valence-corrected chi connectivity index (χ1v) is 7.58. The molecule has 2 N–H and O–H groups in total. The predicted octanol–water partition coefficient (Wildman–Crippen LogP) is 1.42. The molecule has 1 unspecified atom stereocenters. The average molecular weight is 250 g/mol. The van der Waals surface area contributed by atoms with Crippen molar-refractivity contribution in [1.29, 1.82) is 0 Å². The van der Waals surface area contributed by atoms with Gasteiger partial charge in [0.05, 0.1) is 5.75 Å². The number of nitrogens with zero attached hydrogens (tertiary/aromatic N) is 1. The molecular formula is C11H26N2O2S. The van der Waals surface area contributed by atoms with Gasteiger partial charge >= 0.3 is 0 Å². The van der Waals surface area contributed by atoms with Crippen LogP contribution in [0.25, 0.3) is 0 Å². The Hall–Kier alpha value is -0.130. The van der Waals surface area contributed by atoms with Crippen LogP contribution in [0.15, 0.2) is 0 Å². The van der Waals surface area contributed by atoms with Crippen molar-refractivity contribution in [1.82, 2.24) is 4.31 Å². The number of sulfonamides is 1.